The smallest absolute Gasteiger partial charge is 0.410 e. The van der Waals surface area contributed by atoms with Gasteiger partial charge < -0.3 is 20.7 Å². The summed E-state index contributed by atoms with van der Waals surface area (Å²) in [4.78, 5) is 38.0. The van der Waals surface area contributed by atoms with Crippen LogP contribution < -0.4 is 16.6 Å². The summed E-state index contributed by atoms with van der Waals surface area (Å²) >= 11 is 7.59. The number of carbonyl (C=O) groups excluding carboxylic acids is 1. The number of anilines is 1. The average Bonchev–Trinajstić information content (AvgIpc) is 3.55. The minimum atomic E-state index is -0.237. The minimum Gasteiger partial charge on any atom is -0.447 e. The van der Waals surface area contributed by atoms with Crippen molar-refractivity contribution in [3.63, 3.8) is 0 Å². The fourth-order valence-electron chi connectivity index (χ4n) is 5.31. The molecule has 6 rings (SSSR count). The highest BCUT2D eigenvalue weighted by molar-refractivity contribution is 7.15. The second-order valence-corrected chi connectivity index (χ2v) is 11.7. The van der Waals surface area contributed by atoms with Gasteiger partial charge in [-0.25, -0.2) is 14.8 Å². The Bertz CT molecular complexity index is 1620. The number of rotatable bonds is 6. The van der Waals surface area contributed by atoms with Gasteiger partial charge in [0.1, 0.15) is 17.4 Å². The lowest BCUT2D eigenvalue weighted by Gasteiger charge is -2.33. The molecule has 0 radical (unpaired) electrons. The number of hydrogen-bond donors (Lipinski definition) is 2. The van der Waals surface area contributed by atoms with E-state index in [0.717, 1.165) is 39.5 Å². The number of piperidine rings is 1. The summed E-state index contributed by atoms with van der Waals surface area (Å²) in [5, 5.41) is 5.67. The Kier molecular flexibility index (Phi) is 6.78. The fourth-order valence-corrected chi connectivity index (χ4v) is 6.33. The molecule has 9 nitrogen and oxygen atoms in total. The second-order valence-electron chi connectivity index (χ2n) is 10.2. The SMILES string of the molecule is Cc1nc2cc(-c3ncc(C(C)N)s3)c(N[C@H]3CCN4C(=O)OC[C@@H]4C3)cc2c(=O)n1Cc1ccc(Cl)cc1. The third-order valence-corrected chi connectivity index (χ3v) is 8.93. The highest BCUT2D eigenvalue weighted by Crippen LogP contribution is 2.37. The largest absolute Gasteiger partial charge is 0.447 e. The van der Waals surface area contributed by atoms with Gasteiger partial charge in [0, 0.05) is 46.0 Å². The lowest BCUT2D eigenvalue weighted by molar-refractivity contribution is 0.153. The van der Waals surface area contributed by atoms with Crippen molar-refractivity contribution < 1.29 is 9.53 Å². The molecule has 0 aliphatic carbocycles. The summed E-state index contributed by atoms with van der Waals surface area (Å²) < 4.78 is 6.94. The van der Waals surface area contributed by atoms with Gasteiger partial charge >= 0.3 is 6.09 Å². The van der Waals surface area contributed by atoms with Crippen LogP contribution in [0.1, 0.15) is 42.1 Å². The van der Waals surface area contributed by atoms with Crippen LogP contribution in [0.3, 0.4) is 0 Å². The number of thiazole rings is 1. The highest BCUT2D eigenvalue weighted by Gasteiger charge is 2.38. The summed E-state index contributed by atoms with van der Waals surface area (Å²) in [6.45, 7) is 5.21. The molecule has 2 aliphatic rings. The molecule has 2 saturated heterocycles. The van der Waals surface area contributed by atoms with Gasteiger partial charge in [0.2, 0.25) is 0 Å². The van der Waals surface area contributed by atoms with Gasteiger partial charge in [-0.2, -0.15) is 0 Å². The summed E-state index contributed by atoms with van der Waals surface area (Å²) in [6, 6.07) is 11.3. The number of fused-ring (bicyclic) bond motifs is 2. The number of aryl methyl sites for hydroxylation is 1. The maximum absolute atomic E-state index is 13.8. The molecule has 11 heteroatoms. The molecule has 4 aromatic rings. The number of cyclic esters (lactones) is 1. The van der Waals surface area contributed by atoms with Gasteiger partial charge in [-0.05, 0) is 56.5 Å². The van der Waals surface area contributed by atoms with Crippen LogP contribution in [0, 0.1) is 6.92 Å². The zero-order valence-corrected chi connectivity index (χ0v) is 23.3. The number of amides is 1. The van der Waals surface area contributed by atoms with Crippen molar-refractivity contribution >= 4 is 45.6 Å². The van der Waals surface area contributed by atoms with Crippen molar-refractivity contribution in [1.82, 2.24) is 19.4 Å². The first-order valence-electron chi connectivity index (χ1n) is 13.0. The molecule has 2 aliphatic heterocycles. The predicted molar refractivity (Wildman–Crippen MR) is 153 cm³/mol. The molecule has 4 heterocycles. The van der Waals surface area contributed by atoms with Gasteiger partial charge in [0.15, 0.2) is 0 Å². The summed E-state index contributed by atoms with van der Waals surface area (Å²) in [6.07, 6.45) is 3.11. The predicted octanol–water partition coefficient (Wildman–Crippen LogP) is 4.94. The van der Waals surface area contributed by atoms with Crippen LogP contribution in [-0.4, -0.2) is 50.8 Å². The molecular formula is C28H29ClN6O3S. The fraction of sp³-hybridized carbons (Fsp3) is 0.357. The Hall–Kier alpha value is -3.47. The van der Waals surface area contributed by atoms with Crippen molar-refractivity contribution in [1.29, 1.82) is 0 Å². The van der Waals surface area contributed by atoms with Gasteiger partial charge in [-0.15, -0.1) is 11.3 Å². The molecule has 1 unspecified atom stereocenters. The minimum absolute atomic E-state index is 0.0538. The van der Waals surface area contributed by atoms with E-state index in [2.05, 4.69) is 10.3 Å². The molecule has 0 saturated carbocycles. The Morgan fingerprint density at radius 3 is 2.79 bits per heavy atom. The van der Waals surface area contributed by atoms with Crippen LogP contribution in [-0.2, 0) is 11.3 Å². The van der Waals surface area contributed by atoms with Gasteiger partial charge in [0.25, 0.3) is 5.56 Å². The van der Waals surface area contributed by atoms with Crippen LogP contribution >= 0.6 is 22.9 Å². The molecule has 2 aromatic heterocycles. The van der Waals surface area contributed by atoms with E-state index < -0.39 is 0 Å². The normalized spacial score (nSPS) is 19.7. The van der Waals surface area contributed by atoms with E-state index in [1.165, 1.54) is 11.3 Å². The highest BCUT2D eigenvalue weighted by atomic mass is 35.5. The maximum atomic E-state index is 13.8. The first kappa shape index (κ1) is 25.8. The number of benzene rings is 2. The molecule has 0 spiro atoms. The number of halogens is 1. The molecule has 3 atom stereocenters. The van der Waals surface area contributed by atoms with Crippen molar-refractivity contribution in [2.24, 2.45) is 5.73 Å². The first-order valence-corrected chi connectivity index (χ1v) is 14.2. The monoisotopic (exact) mass is 564 g/mol. The number of hydrogen-bond acceptors (Lipinski definition) is 8. The van der Waals surface area contributed by atoms with E-state index in [0.29, 0.717) is 41.4 Å². The molecule has 0 bridgehead atoms. The maximum Gasteiger partial charge on any atom is 0.410 e. The Morgan fingerprint density at radius 2 is 2.05 bits per heavy atom. The summed E-state index contributed by atoms with van der Waals surface area (Å²) in [5.41, 5.74) is 9.29. The van der Waals surface area contributed by atoms with E-state index in [9.17, 15) is 9.59 Å². The number of ether oxygens (including phenoxy) is 1. The molecule has 2 fully saturated rings. The molecule has 39 heavy (non-hydrogen) atoms. The van der Waals surface area contributed by atoms with Crippen LogP contribution in [0.25, 0.3) is 21.5 Å². The van der Waals surface area contributed by atoms with Gasteiger partial charge in [-0.3, -0.25) is 9.36 Å². The third-order valence-electron chi connectivity index (χ3n) is 7.45. The molecule has 2 aromatic carbocycles. The number of nitrogens with one attached hydrogen (secondary N) is 1. The molecular weight excluding hydrogens is 536 g/mol. The Morgan fingerprint density at radius 1 is 1.26 bits per heavy atom. The van der Waals surface area contributed by atoms with Crippen molar-refractivity contribution in [3.8, 4) is 10.6 Å². The van der Waals surface area contributed by atoms with Crippen molar-refractivity contribution in [2.45, 2.75) is 51.4 Å². The summed E-state index contributed by atoms with van der Waals surface area (Å²) in [5.74, 6) is 0.628. The van der Waals surface area contributed by atoms with Crippen LogP contribution in [0.5, 0.6) is 0 Å². The van der Waals surface area contributed by atoms with Crippen molar-refractivity contribution in [2.75, 3.05) is 18.5 Å². The number of carbonyl (C=O) groups is 1. The number of aromatic nitrogens is 3. The zero-order valence-electron chi connectivity index (χ0n) is 21.7. The standard InChI is InChI=1S/C28H29ClN6O3S/c1-15(30)25-12-31-26(39-25)21-10-24-22(11-23(21)33-19-7-8-34-20(9-19)14-38-28(34)37)27(36)35(16(2)32-24)13-17-3-5-18(29)6-4-17/h3-6,10-12,15,19-20,33H,7-9,13-14,30H2,1-2H3/t15?,19-,20-/m0/s1. The van der Waals surface area contributed by atoms with Crippen LogP contribution in [0.2, 0.25) is 5.02 Å². The summed E-state index contributed by atoms with van der Waals surface area (Å²) in [7, 11) is 0. The Labute approximate surface area is 234 Å². The van der Waals surface area contributed by atoms with Gasteiger partial charge in [-0.1, -0.05) is 23.7 Å². The Balaban J connectivity index is 1.41. The van der Waals surface area contributed by atoms with E-state index in [1.54, 1.807) is 15.7 Å². The van der Waals surface area contributed by atoms with Gasteiger partial charge in [0.05, 0.1) is 23.5 Å². The second kappa shape index (κ2) is 10.3. The van der Waals surface area contributed by atoms with E-state index in [1.807, 2.05) is 50.2 Å². The van der Waals surface area contributed by atoms with E-state index in [-0.39, 0.29) is 29.8 Å². The third kappa shape index (κ3) is 4.99. The van der Waals surface area contributed by atoms with Crippen LogP contribution in [0.15, 0.2) is 47.4 Å². The zero-order chi connectivity index (χ0) is 27.3. The lowest BCUT2D eigenvalue weighted by atomic mass is 9.97. The molecule has 3 N–H and O–H groups in total. The topological polar surface area (TPSA) is 115 Å². The van der Waals surface area contributed by atoms with Crippen molar-refractivity contribution in [3.05, 3.63) is 74.2 Å². The van der Waals surface area contributed by atoms with E-state index in [4.69, 9.17) is 27.1 Å². The average molecular weight is 565 g/mol. The molecule has 202 valence electrons. The lowest BCUT2D eigenvalue weighted by Crippen LogP contribution is -2.45. The van der Waals surface area contributed by atoms with Crippen LogP contribution in [0.4, 0.5) is 10.5 Å². The van der Waals surface area contributed by atoms with E-state index >= 15 is 0 Å². The quantitative estimate of drug-likeness (QED) is 0.340. The molecule has 1 amide bonds. The number of nitrogens with zero attached hydrogens (tertiary/aromatic N) is 4. The first-order chi connectivity index (χ1) is 18.8. The number of nitrogens with two attached hydrogens (primary N) is 1.